The Kier molecular flexibility index (Phi) is 9.86. The van der Waals surface area contributed by atoms with Gasteiger partial charge in [0.1, 0.15) is 17.9 Å². The topological polar surface area (TPSA) is 109 Å². The molecule has 0 aliphatic carbocycles. The average Bonchev–Trinajstić information content (AvgIpc) is 3.46. The number of carbonyl (C=O) groups is 1. The van der Waals surface area contributed by atoms with Gasteiger partial charge in [0.15, 0.2) is 0 Å². The molecule has 208 valence electrons. The van der Waals surface area contributed by atoms with Gasteiger partial charge in [0.05, 0.1) is 42.3 Å². The fourth-order valence-electron chi connectivity index (χ4n) is 4.28. The number of rotatable bonds is 12. The normalized spacial score (nSPS) is 14.9. The lowest BCUT2D eigenvalue weighted by Gasteiger charge is -2.19. The number of hydrogen-bond donors (Lipinski definition) is 2. The standard InChI is InChI=1S/C31H35N5O4/c1-21(2)22-7-5-8-24(15-22)34-31-23(18-32)19-33-27-17-29(40-25-10-13-39-20-25)28(16-26(27)31)35-30(37)9-6-11-36(3)12-14-38-4/h5-9,15-17,19,25H,1,10-14,20H2,2-4H3,(H,33,34)(H,35,37)/b9-6+. The number of likely N-dealkylation sites (N-methyl/N-ethyl adjacent to an activating group) is 1. The predicted molar refractivity (Wildman–Crippen MR) is 158 cm³/mol. The Balaban J connectivity index is 1.69. The molecule has 1 unspecified atom stereocenters. The van der Waals surface area contributed by atoms with Gasteiger partial charge >= 0.3 is 0 Å². The SMILES string of the molecule is C=C(C)c1cccc(Nc2c(C#N)cnc3cc(OC4CCOC4)c(NC(=O)/C=C/CN(C)CCOC)cc23)c1. The summed E-state index contributed by atoms with van der Waals surface area (Å²) in [6, 6.07) is 13.6. The first-order valence-electron chi connectivity index (χ1n) is 13.2. The van der Waals surface area contributed by atoms with Crippen LogP contribution in [0.4, 0.5) is 17.1 Å². The molecule has 1 saturated heterocycles. The van der Waals surface area contributed by atoms with Crippen molar-refractivity contribution in [3.8, 4) is 11.8 Å². The van der Waals surface area contributed by atoms with E-state index in [1.165, 1.54) is 12.3 Å². The minimum Gasteiger partial charge on any atom is -0.486 e. The summed E-state index contributed by atoms with van der Waals surface area (Å²) in [5.41, 5.74) is 4.81. The van der Waals surface area contributed by atoms with Crippen molar-refractivity contribution in [3.63, 3.8) is 0 Å². The number of aromatic nitrogens is 1. The first-order chi connectivity index (χ1) is 19.4. The van der Waals surface area contributed by atoms with Crippen LogP contribution >= 0.6 is 0 Å². The minimum absolute atomic E-state index is 0.126. The maximum Gasteiger partial charge on any atom is 0.248 e. The molecule has 0 bridgehead atoms. The first kappa shape index (κ1) is 28.8. The van der Waals surface area contributed by atoms with E-state index in [2.05, 4.69) is 28.3 Å². The van der Waals surface area contributed by atoms with Crippen LogP contribution in [0, 0.1) is 11.3 Å². The molecule has 2 N–H and O–H groups in total. The fraction of sp³-hybridized carbons (Fsp3) is 0.323. The number of allylic oxidation sites excluding steroid dienone is 1. The second-order valence-electron chi connectivity index (χ2n) is 9.76. The summed E-state index contributed by atoms with van der Waals surface area (Å²) in [5, 5.41) is 16.9. The molecule has 1 aliphatic heterocycles. The van der Waals surface area contributed by atoms with Gasteiger partial charge in [0.2, 0.25) is 5.91 Å². The van der Waals surface area contributed by atoms with E-state index >= 15 is 0 Å². The van der Waals surface area contributed by atoms with Crippen molar-refractivity contribution in [2.75, 3.05) is 57.7 Å². The molecule has 2 aromatic carbocycles. The summed E-state index contributed by atoms with van der Waals surface area (Å²) in [5.74, 6) is 0.203. The van der Waals surface area contributed by atoms with E-state index in [9.17, 15) is 10.1 Å². The molecule has 1 aromatic heterocycles. The van der Waals surface area contributed by atoms with Crippen molar-refractivity contribution >= 4 is 39.4 Å². The number of nitrogens with one attached hydrogen (secondary N) is 2. The Morgan fingerprint density at radius 2 is 2.20 bits per heavy atom. The third-order valence-corrected chi connectivity index (χ3v) is 6.52. The highest BCUT2D eigenvalue weighted by Gasteiger charge is 2.21. The Morgan fingerprint density at radius 1 is 1.35 bits per heavy atom. The molecule has 4 rings (SSSR count). The molecule has 1 atom stereocenters. The number of nitriles is 1. The van der Waals surface area contributed by atoms with Crippen molar-refractivity contribution in [2.24, 2.45) is 0 Å². The van der Waals surface area contributed by atoms with Gasteiger partial charge in [-0.25, -0.2) is 0 Å². The van der Waals surface area contributed by atoms with Gasteiger partial charge in [0.25, 0.3) is 0 Å². The number of amides is 1. The minimum atomic E-state index is -0.292. The first-order valence-corrected chi connectivity index (χ1v) is 13.2. The monoisotopic (exact) mass is 541 g/mol. The molecule has 1 aliphatic rings. The largest absolute Gasteiger partial charge is 0.486 e. The lowest BCUT2D eigenvalue weighted by atomic mass is 10.1. The maximum atomic E-state index is 12.9. The number of benzene rings is 2. The van der Waals surface area contributed by atoms with Gasteiger partial charge in [-0.2, -0.15) is 5.26 Å². The van der Waals surface area contributed by atoms with Crippen LogP contribution < -0.4 is 15.4 Å². The van der Waals surface area contributed by atoms with Crippen LogP contribution in [0.2, 0.25) is 0 Å². The van der Waals surface area contributed by atoms with Crippen LogP contribution in [-0.4, -0.2) is 69.0 Å². The number of anilines is 3. The zero-order valence-corrected chi connectivity index (χ0v) is 23.2. The Hall–Kier alpha value is -4.23. The second kappa shape index (κ2) is 13.7. The number of pyridine rings is 1. The van der Waals surface area contributed by atoms with Crippen molar-refractivity contribution in [2.45, 2.75) is 19.4 Å². The van der Waals surface area contributed by atoms with Gasteiger partial charge < -0.3 is 29.7 Å². The van der Waals surface area contributed by atoms with E-state index in [0.29, 0.717) is 60.0 Å². The molecule has 0 radical (unpaired) electrons. The summed E-state index contributed by atoms with van der Waals surface area (Å²) in [6.07, 6.45) is 5.47. The van der Waals surface area contributed by atoms with Gasteiger partial charge in [-0.05, 0) is 37.7 Å². The lowest BCUT2D eigenvalue weighted by Crippen LogP contribution is -2.23. The van der Waals surface area contributed by atoms with E-state index in [-0.39, 0.29) is 12.0 Å². The van der Waals surface area contributed by atoms with E-state index < -0.39 is 0 Å². The molecule has 9 heteroatoms. The number of fused-ring (bicyclic) bond motifs is 1. The number of ether oxygens (including phenoxy) is 3. The summed E-state index contributed by atoms with van der Waals surface area (Å²) >= 11 is 0. The quantitative estimate of drug-likeness (QED) is 0.304. The van der Waals surface area contributed by atoms with Crippen LogP contribution in [0.5, 0.6) is 5.75 Å². The van der Waals surface area contributed by atoms with Crippen LogP contribution in [0.3, 0.4) is 0 Å². The Bertz CT molecular complexity index is 1440. The smallest absolute Gasteiger partial charge is 0.248 e. The highest BCUT2D eigenvalue weighted by Crippen LogP contribution is 2.37. The van der Waals surface area contributed by atoms with Crippen LogP contribution in [0.25, 0.3) is 16.5 Å². The highest BCUT2D eigenvalue weighted by molar-refractivity contribution is 6.05. The van der Waals surface area contributed by atoms with E-state index in [1.807, 2.05) is 43.1 Å². The molecular formula is C31H35N5O4. The molecule has 2 heterocycles. The second-order valence-corrected chi connectivity index (χ2v) is 9.76. The Morgan fingerprint density at radius 3 is 2.92 bits per heavy atom. The van der Waals surface area contributed by atoms with Crippen molar-refractivity contribution < 1.29 is 19.0 Å². The van der Waals surface area contributed by atoms with Crippen molar-refractivity contribution in [3.05, 3.63) is 72.5 Å². The number of methoxy groups -OCH3 is 1. The van der Waals surface area contributed by atoms with Crippen LogP contribution in [0.1, 0.15) is 24.5 Å². The fourth-order valence-corrected chi connectivity index (χ4v) is 4.28. The van der Waals surface area contributed by atoms with Gasteiger partial charge in [-0.15, -0.1) is 0 Å². The lowest BCUT2D eigenvalue weighted by molar-refractivity contribution is -0.111. The summed E-state index contributed by atoms with van der Waals surface area (Å²) in [7, 11) is 3.62. The van der Waals surface area contributed by atoms with E-state index in [4.69, 9.17) is 14.2 Å². The zero-order valence-electron chi connectivity index (χ0n) is 23.2. The molecule has 0 spiro atoms. The van der Waals surface area contributed by atoms with E-state index in [0.717, 1.165) is 29.8 Å². The molecule has 9 nitrogen and oxygen atoms in total. The average molecular weight is 542 g/mol. The van der Waals surface area contributed by atoms with Gasteiger partial charge in [-0.3, -0.25) is 9.78 Å². The Labute approximate surface area is 235 Å². The highest BCUT2D eigenvalue weighted by atomic mass is 16.5. The number of carbonyl (C=O) groups excluding carboxylic acids is 1. The summed E-state index contributed by atoms with van der Waals surface area (Å²) in [4.78, 5) is 19.5. The third kappa shape index (κ3) is 7.45. The molecule has 0 saturated carbocycles. The maximum absolute atomic E-state index is 12.9. The van der Waals surface area contributed by atoms with Gasteiger partial charge in [0, 0.05) is 56.0 Å². The van der Waals surface area contributed by atoms with Crippen molar-refractivity contribution in [1.29, 1.82) is 5.26 Å². The van der Waals surface area contributed by atoms with Crippen molar-refractivity contribution in [1.82, 2.24) is 9.88 Å². The number of nitrogens with zero attached hydrogens (tertiary/aromatic N) is 3. The molecule has 3 aromatic rings. The molecule has 1 fully saturated rings. The predicted octanol–water partition coefficient (Wildman–Crippen LogP) is 5.12. The van der Waals surface area contributed by atoms with Crippen LogP contribution in [-0.2, 0) is 14.3 Å². The number of hydrogen-bond acceptors (Lipinski definition) is 8. The zero-order chi connectivity index (χ0) is 28.5. The molecular weight excluding hydrogens is 506 g/mol. The summed E-state index contributed by atoms with van der Waals surface area (Å²) in [6.45, 7) is 9.05. The third-order valence-electron chi connectivity index (χ3n) is 6.52. The summed E-state index contributed by atoms with van der Waals surface area (Å²) < 4.78 is 16.8. The van der Waals surface area contributed by atoms with E-state index in [1.54, 1.807) is 25.3 Å². The van der Waals surface area contributed by atoms with Gasteiger partial charge in [-0.1, -0.05) is 30.4 Å². The molecule has 1 amide bonds. The van der Waals surface area contributed by atoms with Crippen LogP contribution in [0.15, 0.2) is 61.3 Å². The molecule has 40 heavy (non-hydrogen) atoms.